The van der Waals surface area contributed by atoms with Gasteiger partial charge in [-0.05, 0) is 32.0 Å². The highest BCUT2D eigenvalue weighted by Gasteiger charge is 2.10. The van der Waals surface area contributed by atoms with Crippen LogP contribution in [0.15, 0.2) is 12.1 Å². The van der Waals surface area contributed by atoms with Gasteiger partial charge < -0.3 is 4.90 Å². The van der Waals surface area contributed by atoms with Crippen LogP contribution in [0.5, 0.6) is 0 Å². The molecule has 1 aromatic rings. The standard InChI is InChI=1S/C10H12Cl2N/c1-3-13(4-2)10-8(11)6-5-7-9(10)12/h6-7H,3-4H2,1-2H3. The van der Waals surface area contributed by atoms with Gasteiger partial charge in [0.05, 0.1) is 15.7 Å². The molecule has 71 valence electrons. The molecule has 1 nitrogen and oxygen atoms in total. The van der Waals surface area contributed by atoms with Crippen LogP contribution in [0.3, 0.4) is 0 Å². The fourth-order valence-electron chi connectivity index (χ4n) is 1.28. The van der Waals surface area contributed by atoms with Crippen molar-refractivity contribution >= 4 is 28.9 Å². The van der Waals surface area contributed by atoms with Crippen LogP contribution in [-0.2, 0) is 0 Å². The average molecular weight is 217 g/mol. The summed E-state index contributed by atoms with van der Waals surface area (Å²) < 4.78 is 0. The lowest BCUT2D eigenvalue weighted by molar-refractivity contribution is 0.866. The summed E-state index contributed by atoms with van der Waals surface area (Å²) in [4.78, 5) is 2.12. The third-order valence-electron chi connectivity index (χ3n) is 1.95. The Hall–Kier alpha value is -0.400. The van der Waals surface area contributed by atoms with E-state index in [-0.39, 0.29) is 0 Å². The van der Waals surface area contributed by atoms with Gasteiger partial charge in [-0.25, -0.2) is 0 Å². The lowest BCUT2D eigenvalue weighted by Gasteiger charge is -2.23. The summed E-state index contributed by atoms with van der Waals surface area (Å²) >= 11 is 12.0. The maximum Gasteiger partial charge on any atom is 0.0745 e. The Balaban J connectivity index is 3.10. The first-order valence-electron chi connectivity index (χ1n) is 4.30. The van der Waals surface area contributed by atoms with E-state index in [1.807, 2.05) is 0 Å². The van der Waals surface area contributed by atoms with Crippen molar-refractivity contribution < 1.29 is 0 Å². The Bertz CT molecular complexity index is 262. The van der Waals surface area contributed by atoms with E-state index in [4.69, 9.17) is 23.2 Å². The van der Waals surface area contributed by atoms with Gasteiger partial charge in [0.15, 0.2) is 0 Å². The van der Waals surface area contributed by atoms with E-state index in [0.717, 1.165) is 18.8 Å². The van der Waals surface area contributed by atoms with Crippen LogP contribution in [0.25, 0.3) is 0 Å². The van der Waals surface area contributed by atoms with Crippen molar-refractivity contribution in [3.05, 3.63) is 28.2 Å². The van der Waals surface area contributed by atoms with Crippen molar-refractivity contribution in [1.29, 1.82) is 0 Å². The molecule has 1 aromatic carbocycles. The van der Waals surface area contributed by atoms with Crippen LogP contribution in [-0.4, -0.2) is 13.1 Å². The van der Waals surface area contributed by atoms with Crippen LogP contribution >= 0.6 is 23.2 Å². The molecule has 1 rings (SSSR count). The largest absolute Gasteiger partial charge is 0.370 e. The molecule has 0 N–H and O–H groups in total. The molecule has 0 aromatic heterocycles. The van der Waals surface area contributed by atoms with Crippen LogP contribution in [0.2, 0.25) is 10.0 Å². The lowest BCUT2D eigenvalue weighted by atomic mass is 10.3. The van der Waals surface area contributed by atoms with E-state index < -0.39 is 0 Å². The maximum absolute atomic E-state index is 6.02. The number of benzene rings is 1. The smallest absolute Gasteiger partial charge is 0.0745 e. The van der Waals surface area contributed by atoms with E-state index in [9.17, 15) is 0 Å². The second kappa shape index (κ2) is 4.73. The summed E-state index contributed by atoms with van der Waals surface area (Å²) in [6.07, 6.45) is 0. The Morgan fingerprint density at radius 3 is 2.00 bits per heavy atom. The highest BCUT2D eigenvalue weighted by Crippen LogP contribution is 2.32. The molecule has 0 atom stereocenters. The van der Waals surface area contributed by atoms with Gasteiger partial charge in [-0.3, -0.25) is 0 Å². The number of hydrogen-bond donors (Lipinski definition) is 0. The SMILES string of the molecule is CCN(CC)c1c(Cl)c[c]cc1Cl. The van der Waals surface area contributed by atoms with Gasteiger partial charge in [-0.15, -0.1) is 0 Å². The number of anilines is 1. The number of rotatable bonds is 3. The minimum absolute atomic E-state index is 0.663. The van der Waals surface area contributed by atoms with Crippen molar-refractivity contribution in [2.45, 2.75) is 13.8 Å². The molecule has 0 aliphatic rings. The molecular formula is C10H12Cl2N. The predicted molar refractivity (Wildman–Crippen MR) is 58.9 cm³/mol. The van der Waals surface area contributed by atoms with Crippen molar-refractivity contribution in [2.24, 2.45) is 0 Å². The minimum atomic E-state index is 0.663. The molecule has 1 radical (unpaired) electrons. The quantitative estimate of drug-likeness (QED) is 0.747. The fraction of sp³-hybridized carbons (Fsp3) is 0.400. The summed E-state index contributed by atoms with van der Waals surface area (Å²) in [5.41, 5.74) is 0.909. The Morgan fingerprint density at radius 1 is 1.15 bits per heavy atom. The highest BCUT2D eigenvalue weighted by molar-refractivity contribution is 6.39. The summed E-state index contributed by atoms with van der Waals surface area (Å²) in [5.74, 6) is 0. The Morgan fingerprint density at radius 2 is 1.62 bits per heavy atom. The highest BCUT2D eigenvalue weighted by atomic mass is 35.5. The first-order chi connectivity index (χ1) is 6.20. The second-order valence-electron chi connectivity index (χ2n) is 2.67. The number of hydrogen-bond acceptors (Lipinski definition) is 1. The van der Waals surface area contributed by atoms with E-state index in [1.165, 1.54) is 0 Å². The van der Waals surface area contributed by atoms with E-state index in [2.05, 4.69) is 24.8 Å². The maximum atomic E-state index is 6.02. The molecular weight excluding hydrogens is 205 g/mol. The normalized spacial score (nSPS) is 10.2. The van der Waals surface area contributed by atoms with Gasteiger partial charge in [0.25, 0.3) is 0 Å². The van der Waals surface area contributed by atoms with Gasteiger partial charge in [0.1, 0.15) is 0 Å². The van der Waals surface area contributed by atoms with Crippen molar-refractivity contribution in [3.63, 3.8) is 0 Å². The Labute approximate surface area is 89.3 Å². The van der Waals surface area contributed by atoms with Crippen LogP contribution in [0, 0.1) is 6.07 Å². The molecule has 0 saturated carbocycles. The van der Waals surface area contributed by atoms with Gasteiger partial charge in [-0.1, -0.05) is 23.2 Å². The van der Waals surface area contributed by atoms with Crippen molar-refractivity contribution in [3.8, 4) is 0 Å². The van der Waals surface area contributed by atoms with Crippen molar-refractivity contribution in [1.82, 2.24) is 0 Å². The van der Waals surface area contributed by atoms with E-state index in [0.29, 0.717) is 10.0 Å². The molecule has 0 aliphatic carbocycles. The summed E-state index contributed by atoms with van der Waals surface area (Å²) in [7, 11) is 0. The van der Waals surface area contributed by atoms with Gasteiger partial charge in [0.2, 0.25) is 0 Å². The molecule has 0 aliphatic heterocycles. The van der Waals surface area contributed by atoms with Gasteiger partial charge >= 0.3 is 0 Å². The Kier molecular flexibility index (Phi) is 3.89. The molecule has 0 bridgehead atoms. The zero-order valence-corrected chi connectivity index (χ0v) is 9.28. The monoisotopic (exact) mass is 216 g/mol. The molecule has 13 heavy (non-hydrogen) atoms. The van der Waals surface area contributed by atoms with Crippen LogP contribution in [0.4, 0.5) is 5.69 Å². The first kappa shape index (κ1) is 10.7. The van der Waals surface area contributed by atoms with Gasteiger partial charge in [0, 0.05) is 13.1 Å². The molecule has 0 heterocycles. The lowest BCUT2D eigenvalue weighted by Crippen LogP contribution is -2.22. The van der Waals surface area contributed by atoms with Crippen molar-refractivity contribution in [2.75, 3.05) is 18.0 Å². The third kappa shape index (κ3) is 2.29. The predicted octanol–water partition coefficient (Wildman–Crippen LogP) is 3.64. The van der Waals surface area contributed by atoms with Crippen LogP contribution < -0.4 is 4.90 Å². The van der Waals surface area contributed by atoms with E-state index in [1.54, 1.807) is 12.1 Å². The topological polar surface area (TPSA) is 3.24 Å². The first-order valence-corrected chi connectivity index (χ1v) is 5.06. The molecule has 0 saturated heterocycles. The molecule has 0 fully saturated rings. The van der Waals surface area contributed by atoms with E-state index >= 15 is 0 Å². The summed E-state index contributed by atoms with van der Waals surface area (Å²) in [6.45, 7) is 5.96. The summed E-state index contributed by atoms with van der Waals surface area (Å²) in [5, 5.41) is 1.33. The number of halogens is 2. The molecule has 0 spiro atoms. The number of nitrogens with zero attached hydrogens (tertiary/aromatic N) is 1. The zero-order valence-electron chi connectivity index (χ0n) is 7.77. The minimum Gasteiger partial charge on any atom is -0.370 e. The molecule has 3 heteroatoms. The fourth-order valence-corrected chi connectivity index (χ4v) is 1.90. The molecule has 0 amide bonds. The van der Waals surface area contributed by atoms with Crippen LogP contribution in [0.1, 0.15) is 13.8 Å². The third-order valence-corrected chi connectivity index (χ3v) is 2.53. The van der Waals surface area contributed by atoms with Gasteiger partial charge in [-0.2, -0.15) is 0 Å². The molecule has 0 unspecified atom stereocenters. The zero-order chi connectivity index (χ0) is 9.84. The second-order valence-corrected chi connectivity index (χ2v) is 3.49. The average Bonchev–Trinajstić information content (AvgIpc) is 2.11. The summed E-state index contributed by atoms with van der Waals surface area (Å²) in [6, 6.07) is 6.36.